The summed E-state index contributed by atoms with van der Waals surface area (Å²) in [4.78, 5) is 2.37. The van der Waals surface area contributed by atoms with Crippen LogP contribution in [0.4, 0.5) is 17.1 Å². The Morgan fingerprint density at radius 3 is 1.95 bits per heavy atom. The molecule has 0 radical (unpaired) electrons. The summed E-state index contributed by atoms with van der Waals surface area (Å²) < 4.78 is 2.60. The molecule has 7 rings (SSSR count). The fourth-order valence-corrected chi connectivity index (χ4v) is 8.32. The van der Waals surface area contributed by atoms with Gasteiger partial charge in [0.15, 0.2) is 0 Å². The summed E-state index contributed by atoms with van der Waals surface area (Å²) in [5.41, 5.74) is 3.50. The highest BCUT2D eigenvalue weighted by Gasteiger charge is 2.20. The molecule has 0 aliphatic carbocycles. The van der Waals surface area contributed by atoms with Gasteiger partial charge in [-0.1, -0.05) is 103 Å². The lowest BCUT2D eigenvalue weighted by Gasteiger charge is -2.26. The molecule has 0 unspecified atom stereocenters. The number of para-hydroxylation sites is 1. The average Bonchev–Trinajstić information content (AvgIpc) is 3.33. The summed E-state index contributed by atoms with van der Waals surface area (Å²) in [6.07, 6.45) is 0. The van der Waals surface area contributed by atoms with Crippen LogP contribution in [0.15, 0.2) is 115 Å². The third kappa shape index (κ3) is 4.13. The van der Waals surface area contributed by atoms with Crippen LogP contribution in [0, 0.1) is 0 Å². The number of thiophene rings is 1. The second-order valence-corrected chi connectivity index (χ2v) is 17.8. The smallest absolute Gasteiger partial charge is 0.0775 e. The van der Waals surface area contributed by atoms with Crippen molar-refractivity contribution in [1.82, 2.24) is 0 Å². The first kappa shape index (κ1) is 24.4. The number of rotatable bonds is 4. The van der Waals surface area contributed by atoms with Crippen LogP contribution in [0.25, 0.3) is 41.7 Å². The van der Waals surface area contributed by atoms with Crippen molar-refractivity contribution in [3.8, 4) is 0 Å². The molecule has 4 heteroatoms. The molecule has 0 spiro atoms. The molecule has 0 aliphatic rings. The monoisotopic (exact) mass is 557 g/mol. The normalized spacial score (nSPS) is 12.1. The second kappa shape index (κ2) is 9.24. The van der Waals surface area contributed by atoms with Gasteiger partial charge in [-0.05, 0) is 64.7 Å². The Morgan fingerprint density at radius 1 is 0.564 bits per heavy atom. The van der Waals surface area contributed by atoms with Gasteiger partial charge >= 0.3 is 0 Å². The number of fused-ring (bicyclic) bond motifs is 8. The van der Waals surface area contributed by atoms with E-state index in [1.54, 1.807) is 0 Å². The van der Waals surface area contributed by atoms with Crippen LogP contribution in [0.2, 0.25) is 24.7 Å². The highest BCUT2D eigenvalue weighted by atomic mass is 35.5. The number of benzene rings is 6. The quantitative estimate of drug-likeness (QED) is 0.154. The maximum atomic E-state index is 6.46. The highest BCUT2D eigenvalue weighted by molar-refractivity contribution is 7.27. The minimum Gasteiger partial charge on any atom is -0.310 e. The molecular formula is C35H28ClNSSi. The van der Waals surface area contributed by atoms with E-state index in [1.807, 2.05) is 17.4 Å². The molecule has 6 aromatic carbocycles. The van der Waals surface area contributed by atoms with E-state index in [-0.39, 0.29) is 0 Å². The lowest BCUT2D eigenvalue weighted by Crippen LogP contribution is -2.37. The van der Waals surface area contributed by atoms with E-state index in [0.717, 1.165) is 16.4 Å². The predicted octanol–water partition coefficient (Wildman–Crippen LogP) is 11.0. The molecule has 1 nitrogen and oxygen atoms in total. The molecule has 0 amide bonds. The van der Waals surface area contributed by atoms with E-state index in [4.69, 9.17) is 11.6 Å². The van der Waals surface area contributed by atoms with Gasteiger partial charge in [-0.15, -0.1) is 11.3 Å². The zero-order valence-electron chi connectivity index (χ0n) is 22.2. The maximum Gasteiger partial charge on any atom is 0.0775 e. The van der Waals surface area contributed by atoms with Gasteiger partial charge in [0.25, 0.3) is 0 Å². The van der Waals surface area contributed by atoms with Crippen molar-refractivity contribution in [1.29, 1.82) is 0 Å². The largest absolute Gasteiger partial charge is 0.310 e. The topological polar surface area (TPSA) is 3.24 Å². The summed E-state index contributed by atoms with van der Waals surface area (Å²) in [5.74, 6) is 0. The lowest BCUT2D eigenvalue weighted by molar-refractivity contribution is 1.29. The van der Waals surface area contributed by atoms with Crippen molar-refractivity contribution in [3.05, 3.63) is 120 Å². The van der Waals surface area contributed by atoms with Crippen molar-refractivity contribution in [2.45, 2.75) is 19.6 Å². The SMILES string of the molecule is C[Si](C)(C)c1ccc(N(c2ccccc2)c2ccc3c(c2)sc2c4ccc(Cl)cc4c4ccccc4c32)cc1. The van der Waals surface area contributed by atoms with Crippen LogP contribution in [-0.4, -0.2) is 8.07 Å². The number of anilines is 3. The van der Waals surface area contributed by atoms with Crippen molar-refractivity contribution in [3.63, 3.8) is 0 Å². The Morgan fingerprint density at radius 2 is 1.21 bits per heavy atom. The van der Waals surface area contributed by atoms with E-state index in [9.17, 15) is 0 Å². The molecule has 0 aliphatic heterocycles. The van der Waals surface area contributed by atoms with Crippen LogP contribution in [0.1, 0.15) is 0 Å². The fraction of sp³-hybridized carbons (Fsp3) is 0.0857. The molecule has 0 N–H and O–H groups in total. The Labute approximate surface area is 238 Å². The molecule has 1 heterocycles. The summed E-state index contributed by atoms with van der Waals surface area (Å²) in [5, 5.41) is 9.88. The Kier molecular flexibility index (Phi) is 5.78. The van der Waals surface area contributed by atoms with E-state index >= 15 is 0 Å². The summed E-state index contributed by atoms with van der Waals surface area (Å²) in [6, 6.07) is 41.8. The Bertz CT molecular complexity index is 2000. The fourth-order valence-electron chi connectivity index (χ4n) is 5.69. The van der Waals surface area contributed by atoms with E-state index in [1.165, 1.54) is 52.6 Å². The van der Waals surface area contributed by atoms with Gasteiger partial charge < -0.3 is 4.90 Å². The highest BCUT2D eigenvalue weighted by Crippen LogP contribution is 2.46. The molecule has 0 atom stereocenters. The summed E-state index contributed by atoms with van der Waals surface area (Å²) in [7, 11) is -1.38. The minimum atomic E-state index is -1.38. The Balaban J connectivity index is 1.47. The zero-order valence-corrected chi connectivity index (χ0v) is 24.8. The number of hydrogen-bond acceptors (Lipinski definition) is 2. The van der Waals surface area contributed by atoms with Crippen molar-refractivity contribution in [2.24, 2.45) is 0 Å². The summed E-state index contributed by atoms with van der Waals surface area (Å²) >= 11 is 8.33. The van der Waals surface area contributed by atoms with Gasteiger partial charge in [0, 0.05) is 47.6 Å². The van der Waals surface area contributed by atoms with Gasteiger partial charge in [0.2, 0.25) is 0 Å². The molecule has 0 saturated carbocycles. The molecule has 0 bridgehead atoms. The van der Waals surface area contributed by atoms with Crippen LogP contribution < -0.4 is 10.1 Å². The first-order chi connectivity index (χ1) is 18.9. The van der Waals surface area contributed by atoms with Crippen LogP contribution in [0.5, 0.6) is 0 Å². The van der Waals surface area contributed by atoms with Gasteiger partial charge in [-0.3, -0.25) is 0 Å². The van der Waals surface area contributed by atoms with Gasteiger partial charge in [-0.25, -0.2) is 0 Å². The van der Waals surface area contributed by atoms with Gasteiger partial charge in [0.1, 0.15) is 0 Å². The third-order valence-electron chi connectivity index (χ3n) is 7.65. The van der Waals surface area contributed by atoms with Gasteiger partial charge in [0.05, 0.1) is 8.07 Å². The summed E-state index contributed by atoms with van der Waals surface area (Å²) in [6.45, 7) is 7.19. The number of hydrogen-bond donors (Lipinski definition) is 0. The predicted molar refractivity (Wildman–Crippen MR) is 177 cm³/mol. The van der Waals surface area contributed by atoms with Crippen molar-refractivity contribution < 1.29 is 0 Å². The number of nitrogens with zero attached hydrogens (tertiary/aromatic N) is 1. The molecule has 190 valence electrons. The molecular weight excluding hydrogens is 530 g/mol. The minimum absolute atomic E-state index is 0.772. The average molecular weight is 558 g/mol. The number of halogens is 1. The molecule has 0 saturated heterocycles. The lowest BCUT2D eigenvalue weighted by atomic mass is 9.97. The second-order valence-electron chi connectivity index (χ2n) is 11.2. The van der Waals surface area contributed by atoms with Crippen molar-refractivity contribution in [2.75, 3.05) is 4.90 Å². The molecule has 39 heavy (non-hydrogen) atoms. The molecule has 1 aromatic heterocycles. The van der Waals surface area contributed by atoms with Gasteiger partial charge in [-0.2, -0.15) is 0 Å². The Hall–Kier alpha value is -3.63. The van der Waals surface area contributed by atoms with Crippen molar-refractivity contribution >= 4 is 95.0 Å². The van der Waals surface area contributed by atoms with Crippen LogP contribution in [-0.2, 0) is 0 Å². The standard InChI is InChI=1S/C35H28ClNSSi/c1-39(2,3)27-17-14-25(15-18-27)37(24-9-5-4-6-10-24)26-16-20-31-33(22-26)38-35-30-19-13-23(36)21-32(30)28-11-7-8-12-29(28)34(31)35/h4-22H,1-3H3. The molecule has 0 fully saturated rings. The van der Waals surface area contributed by atoms with E-state index < -0.39 is 8.07 Å². The van der Waals surface area contributed by atoms with Crippen LogP contribution in [0.3, 0.4) is 0 Å². The molecule has 7 aromatic rings. The zero-order chi connectivity index (χ0) is 26.7. The first-order valence-electron chi connectivity index (χ1n) is 13.3. The first-order valence-corrected chi connectivity index (χ1v) is 18.0. The van der Waals surface area contributed by atoms with E-state index in [2.05, 4.69) is 134 Å². The third-order valence-corrected chi connectivity index (χ3v) is 11.1. The maximum absolute atomic E-state index is 6.46. The van der Waals surface area contributed by atoms with Crippen LogP contribution >= 0.6 is 22.9 Å². The van der Waals surface area contributed by atoms with E-state index in [0.29, 0.717) is 0 Å².